The first kappa shape index (κ1) is 19.7. The van der Waals surface area contributed by atoms with E-state index in [1.54, 1.807) is 7.11 Å². The number of nitrogens with zero attached hydrogens (tertiary/aromatic N) is 2. The largest absolute Gasteiger partial charge is 0.383 e. The second kappa shape index (κ2) is 9.73. The summed E-state index contributed by atoms with van der Waals surface area (Å²) in [4.78, 5) is 17.0. The summed E-state index contributed by atoms with van der Waals surface area (Å²) in [6.45, 7) is 12.9. The third-order valence-corrected chi connectivity index (χ3v) is 5.58. The van der Waals surface area contributed by atoms with Gasteiger partial charge in [0.15, 0.2) is 0 Å². The minimum absolute atomic E-state index is 0.117. The number of likely N-dealkylation sites (tertiary alicyclic amines) is 1. The molecule has 0 radical (unpaired) electrons. The zero-order chi connectivity index (χ0) is 17.5. The normalized spacial score (nSPS) is 27.5. The van der Waals surface area contributed by atoms with Crippen molar-refractivity contribution in [2.45, 2.75) is 46.1 Å². The monoisotopic (exact) mass is 340 g/mol. The molecular formula is C19H36N2O3. The Balaban J connectivity index is 1.80. The number of piperidine rings is 1. The van der Waals surface area contributed by atoms with Crippen molar-refractivity contribution in [2.75, 3.05) is 53.0 Å². The molecule has 0 aromatic rings. The zero-order valence-corrected chi connectivity index (χ0v) is 16.0. The van der Waals surface area contributed by atoms with Gasteiger partial charge in [0, 0.05) is 32.7 Å². The average molecular weight is 341 g/mol. The maximum Gasteiger partial charge on any atom is 0.225 e. The van der Waals surface area contributed by atoms with Gasteiger partial charge in [-0.15, -0.1) is 0 Å². The third kappa shape index (κ3) is 5.43. The number of amides is 1. The number of carbonyl (C=O) groups excluding carboxylic acids is 1. The second-order valence-corrected chi connectivity index (χ2v) is 7.74. The maximum absolute atomic E-state index is 12.5. The minimum Gasteiger partial charge on any atom is -0.383 e. The molecule has 0 bridgehead atoms. The Morgan fingerprint density at radius 2 is 2.21 bits per heavy atom. The van der Waals surface area contributed by atoms with Crippen molar-refractivity contribution in [2.24, 2.45) is 17.8 Å². The molecule has 5 nitrogen and oxygen atoms in total. The number of methoxy groups -OCH3 is 1. The van der Waals surface area contributed by atoms with E-state index in [0.29, 0.717) is 31.4 Å². The first-order valence-corrected chi connectivity index (χ1v) is 9.65. The summed E-state index contributed by atoms with van der Waals surface area (Å²) >= 11 is 0. The lowest BCUT2D eigenvalue weighted by atomic mass is 9.83. The highest BCUT2D eigenvalue weighted by Crippen LogP contribution is 2.36. The average Bonchev–Trinajstić information content (AvgIpc) is 2.96. The van der Waals surface area contributed by atoms with Crippen molar-refractivity contribution < 1.29 is 14.3 Å². The molecule has 140 valence electrons. The lowest BCUT2D eigenvalue weighted by molar-refractivity contribution is -0.134. The molecule has 5 heteroatoms. The van der Waals surface area contributed by atoms with Gasteiger partial charge in [0.05, 0.1) is 25.7 Å². The fourth-order valence-corrected chi connectivity index (χ4v) is 3.98. The third-order valence-electron chi connectivity index (χ3n) is 5.58. The predicted octanol–water partition coefficient (Wildman–Crippen LogP) is 2.25. The summed E-state index contributed by atoms with van der Waals surface area (Å²) in [6.07, 6.45) is 3.09. The molecule has 2 heterocycles. The van der Waals surface area contributed by atoms with Crippen molar-refractivity contribution in [3.8, 4) is 0 Å². The molecule has 24 heavy (non-hydrogen) atoms. The topological polar surface area (TPSA) is 42.0 Å². The van der Waals surface area contributed by atoms with Gasteiger partial charge >= 0.3 is 0 Å². The highest BCUT2D eigenvalue weighted by molar-refractivity contribution is 5.76. The van der Waals surface area contributed by atoms with Crippen LogP contribution in [0.3, 0.4) is 0 Å². The van der Waals surface area contributed by atoms with Crippen LogP contribution >= 0.6 is 0 Å². The van der Waals surface area contributed by atoms with Crippen molar-refractivity contribution in [3.05, 3.63) is 0 Å². The van der Waals surface area contributed by atoms with Gasteiger partial charge in [-0.2, -0.15) is 0 Å². The Hall–Kier alpha value is -0.650. The molecular weight excluding hydrogens is 304 g/mol. The van der Waals surface area contributed by atoms with E-state index in [1.165, 1.54) is 19.4 Å². The number of hydrogen-bond acceptors (Lipinski definition) is 4. The number of carbonyl (C=O) groups is 1. The summed E-state index contributed by atoms with van der Waals surface area (Å²) in [6, 6.07) is 0. The van der Waals surface area contributed by atoms with Crippen LogP contribution in [0.5, 0.6) is 0 Å². The fourth-order valence-electron chi connectivity index (χ4n) is 3.98. The molecule has 0 aromatic carbocycles. The summed E-state index contributed by atoms with van der Waals surface area (Å²) in [7, 11) is 1.68. The SMILES string of the molecule is CCN(CCOC)C(=O)C[C@@H]1OC[C@H]2CN(CCC(C)C)CC[C@H]21. The lowest BCUT2D eigenvalue weighted by Gasteiger charge is -2.36. The van der Waals surface area contributed by atoms with Gasteiger partial charge in [0.25, 0.3) is 0 Å². The standard InChI is InChI=1S/C19H36N2O3/c1-5-21(10-11-23-4)19(22)12-18-17-7-9-20(8-6-15(2)3)13-16(17)14-24-18/h15-18H,5-14H2,1-4H3/t16-,17-,18+/m1/s1. The smallest absolute Gasteiger partial charge is 0.225 e. The Bertz CT molecular complexity index is 389. The fraction of sp³-hybridized carbons (Fsp3) is 0.947. The lowest BCUT2D eigenvalue weighted by Crippen LogP contribution is -2.43. The molecule has 0 unspecified atom stereocenters. The predicted molar refractivity (Wildman–Crippen MR) is 96.0 cm³/mol. The molecule has 2 saturated heterocycles. The Morgan fingerprint density at radius 3 is 2.88 bits per heavy atom. The van der Waals surface area contributed by atoms with E-state index in [0.717, 1.165) is 32.2 Å². The Labute approximate surface area is 147 Å². The van der Waals surface area contributed by atoms with Gasteiger partial charge in [-0.1, -0.05) is 13.8 Å². The summed E-state index contributed by atoms with van der Waals surface area (Å²) < 4.78 is 11.1. The summed E-state index contributed by atoms with van der Waals surface area (Å²) in [5, 5.41) is 0. The zero-order valence-electron chi connectivity index (χ0n) is 16.0. The molecule has 2 fully saturated rings. The van der Waals surface area contributed by atoms with E-state index in [9.17, 15) is 4.79 Å². The van der Waals surface area contributed by atoms with Crippen LogP contribution in [-0.4, -0.2) is 74.9 Å². The van der Waals surface area contributed by atoms with Crippen LogP contribution in [0.15, 0.2) is 0 Å². The number of hydrogen-bond donors (Lipinski definition) is 0. The molecule has 2 aliphatic heterocycles. The van der Waals surface area contributed by atoms with Gasteiger partial charge in [-0.05, 0) is 44.7 Å². The highest BCUT2D eigenvalue weighted by Gasteiger charge is 2.41. The van der Waals surface area contributed by atoms with Crippen LogP contribution in [0.1, 0.15) is 40.0 Å². The van der Waals surface area contributed by atoms with Crippen molar-refractivity contribution in [1.82, 2.24) is 9.80 Å². The van der Waals surface area contributed by atoms with Gasteiger partial charge in [-0.25, -0.2) is 0 Å². The van der Waals surface area contributed by atoms with Crippen LogP contribution in [0.2, 0.25) is 0 Å². The van der Waals surface area contributed by atoms with Crippen LogP contribution in [0.4, 0.5) is 0 Å². The van der Waals surface area contributed by atoms with E-state index in [-0.39, 0.29) is 12.0 Å². The molecule has 2 aliphatic rings. The van der Waals surface area contributed by atoms with E-state index >= 15 is 0 Å². The van der Waals surface area contributed by atoms with Gasteiger partial charge < -0.3 is 19.3 Å². The number of ether oxygens (including phenoxy) is 2. The van der Waals surface area contributed by atoms with E-state index in [4.69, 9.17) is 9.47 Å². The number of likely N-dealkylation sites (N-methyl/N-ethyl adjacent to an activating group) is 1. The molecule has 2 rings (SSSR count). The van der Waals surface area contributed by atoms with Crippen molar-refractivity contribution in [3.63, 3.8) is 0 Å². The Morgan fingerprint density at radius 1 is 1.42 bits per heavy atom. The van der Waals surface area contributed by atoms with Crippen LogP contribution in [-0.2, 0) is 14.3 Å². The number of fused-ring (bicyclic) bond motifs is 1. The molecule has 0 aromatic heterocycles. The van der Waals surface area contributed by atoms with Crippen molar-refractivity contribution >= 4 is 5.91 Å². The first-order valence-electron chi connectivity index (χ1n) is 9.65. The molecule has 1 amide bonds. The van der Waals surface area contributed by atoms with Crippen LogP contribution in [0.25, 0.3) is 0 Å². The molecule has 0 N–H and O–H groups in total. The van der Waals surface area contributed by atoms with E-state index in [2.05, 4.69) is 18.7 Å². The summed E-state index contributed by atoms with van der Waals surface area (Å²) in [5.41, 5.74) is 0. The molecule has 0 aliphatic carbocycles. The van der Waals surface area contributed by atoms with Gasteiger partial charge in [0.1, 0.15) is 0 Å². The molecule has 0 saturated carbocycles. The first-order chi connectivity index (χ1) is 11.5. The maximum atomic E-state index is 12.5. The second-order valence-electron chi connectivity index (χ2n) is 7.74. The van der Waals surface area contributed by atoms with E-state index in [1.807, 2.05) is 11.8 Å². The summed E-state index contributed by atoms with van der Waals surface area (Å²) in [5.74, 6) is 2.14. The van der Waals surface area contributed by atoms with Gasteiger partial charge in [-0.3, -0.25) is 4.79 Å². The van der Waals surface area contributed by atoms with E-state index < -0.39 is 0 Å². The van der Waals surface area contributed by atoms with Crippen LogP contribution < -0.4 is 0 Å². The van der Waals surface area contributed by atoms with Crippen molar-refractivity contribution in [1.29, 1.82) is 0 Å². The Kier molecular flexibility index (Phi) is 7.98. The molecule has 0 spiro atoms. The molecule has 3 atom stereocenters. The van der Waals surface area contributed by atoms with Gasteiger partial charge in [0.2, 0.25) is 5.91 Å². The van der Waals surface area contributed by atoms with Crippen LogP contribution in [0, 0.1) is 17.8 Å². The minimum atomic E-state index is 0.117. The quantitative estimate of drug-likeness (QED) is 0.646. The highest BCUT2D eigenvalue weighted by atomic mass is 16.5. The number of rotatable bonds is 9.